The summed E-state index contributed by atoms with van der Waals surface area (Å²) < 4.78 is 7.81. The standard InChI is InChI=1S/C16H16N4O3/c1-11-12(16(22)19-9-4-3-5-13(19)17-11)8-10-20-15(21)7-6-14(18-20)23-2/h3-7,9H,8,10H2,1-2H3. The molecule has 0 bridgehead atoms. The second-order valence-corrected chi connectivity index (χ2v) is 5.10. The molecule has 3 rings (SSSR count). The van der Waals surface area contributed by atoms with E-state index in [0.29, 0.717) is 29.2 Å². The lowest BCUT2D eigenvalue weighted by Gasteiger charge is -2.09. The van der Waals surface area contributed by atoms with Crippen molar-refractivity contribution in [3.63, 3.8) is 0 Å². The second-order valence-electron chi connectivity index (χ2n) is 5.10. The molecule has 0 fully saturated rings. The van der Waals surface area contributed by atoms with Gasteiger partial charge in [-0.3, -0.25) is 14.0 Å². The van der Waals surface area contributed by atoms with E-state index in [1.54, 1.807) is 25.3 Å². The predicted octanol–water partition coefficient (Wildman–Crippen LogP) is 0.811. The van der Waals surface area contributed by atoms with Gasteiger partial charge in [-0.1, -0.05) is 6.07 Å². The highest BCUT2D eigenvalue weighted by Crippen LogP contribution is 2.06. The molecule has 0 radical (unpaired) electrons. The monoisotopic (exact) mass is 312 g/mol. The SMILES string of the molecule is COc1ccc(=O)n(CCc2c(C)nc3ccccn3c2=O)n1. The number of methoxy groups -OCH3 is 1. The number of rotatable bonds is 4. The summed E-state index contributed by atoms with van der Waals surface area (Å²) in [6, 6.07) is 8.30. The van der Waals surface area contributed by atoms with Crippen LogP contribution in [0.4, 0.5) is 0 Å². The minimum Gasteiger partial charge on any atom is -0.480 e. The summed E-state index contributed by atoms with van der Waals surface area (Å²) in [7, 11) is 1.49. The second kappa shape index (κ2) is 6.04. The fourth-order valence-corrected chi connectivity index (χ4v) is 2.44. The first kappa shape index (κ1) is 15.0. The molecule has 118 valence electrons. The molecule has 0 atom stereocenters. The number of pyridine rings is 1. The van der Waals surface area contributed by atoms with Crippen LogP contribution in [0.2, 0.25) is 0 Å². The maximum absolute atomic E-state index is 12.6. The highest BCUT2D eigenvalue weighted by atomic mass is 16.5. The zero-order valence-corrected chi connectivity index (χ0v) is 12.9. The molecule has 0 saturated carbocycles. The van der Waals surface area contributed by atoms with Gasteiger partial charge < -0.3 is 4.74 Å². The van der Waals surface area contributed by atoms with Crippen LogP contribution in [-0.2, 0) is 13.0 Å². The number of hydrogen-bond donors (Lipinski definition) is 0. The zero-order chi connectivity index (χ0) is 16.4. The minimum atomic E-state index is -0.239. The van der Waals surface area contributed by atoms with E-state index in [4.69, 9.17) is 4.74 Å². The molecule has 3 aromatic heterocycles. The third-order valence-electron chi connectivity index (χ3n) is 3.66. The van der Waals surface area contributed by atoms with Gasteiger partial charge in [0.1, 0.15) is 5.65 Å². The Morgan fingerprint density at radius 2 is 2.00 bits per heavy atom. The van der Waals surface area contributed by atoms with E-state index in [-0.39, 0.29) is 17.7 Å². The first-order valence-electron chi connectivity index (χ1n) is 7.19. The Morgan fingerprint density at radius 3 is 2.78 bits per heavy atom. The summed E-state index contributed by atoms with van der Waals surface area (Å²) >= 11 is 0. The molecule has 7 nitrogen and oxygen atoms in total. The Balaban J connectivity index is 1.96. The van der Waals surface area contributed by atoms with E-state index in [0.717, 1.165) is 0 Å². The van der Waals surface area contributed by atoms with Crippen molar-refractivity contribution in [2.75, 3.05) is 7.11 Å². The summed E-state index contributed by atoms with van der Waals surface area (Å²) in [5, 5.41) is 4.08. The first-order valence-corrected chi connectivity index (χ1v) is 7.19. The average molecular weight is 312 g/mol. The molecule has 3 heterocycles. The normalized spacial score (nSPS) is 10.9. The van der Waals surface area contributed by atoms with Crippen molar-refractivity contribution in [2.24, 2.45) is 0 Å². The number of aryl methyl sites for hydroxylation is 2. The third kappa shape index (κ3) is 2.85. The first-order chi connectivity index (χ1) is 11.1. The molecular formula is C16H16N4O3. The Morgan fingerprint density at radius 1 is 1.17 bits per heavy atom. The van der Waals surface area contributed by atoms with Gasteiger partial charge in [-0.15, -0.1) is 5.10 Å². The van der Waals surface area contributed by atoms with E-state index in [1.807, 2.05) is 6.07 Å². The maximum Gasteiger partial charge on any atom is 0.266 e. The van der Waals surface area contributed by atoms with Crippen molar-refractivity contribution in [3.8, 4) is 5.88 Å². The van der Waals surface area contributed by atoms with Crippen molar-refractivity contribution in [3.05, 3.63) is 68.5 Å². The van der Waals surface area contributed by atoms with E-state index in [1.165, 1.54) is 28.3 Å². The maximum atomic E-state index is 12.6. The van der Waals surface area contributed by atoms with Crippen molar-refractivity contribution in [1.29, 1.82) is 0 Å². The molecule has 0 aromatic carbocycles. The summed E-state index contributed by atoms with van der Waals surface area (Å²) in [6.45, 7) is 2.08. The molecule has 0 saturated heterocycles. The van der Waals surface area contributed by atoms with E-state index in [2.05, 4.69) is 10.1 Å². The van der Waals surface area contributed by atoms with Crippen molar-refractivity contribution < 1.29 is 4.74 Å². The molecule has 0 N–H and O–H groups in total. The zero-order valence-electron chi connectivity index (χ0n) is 12.9. The van der Waals surface area contributed by atoms with Gasteiger partial charge in [-0.2, -0.15) is 0 Å². The quantitative estimate of drug-likeness (QED) is 0.712. The molecule has 23 heavy (non-hydrogen) atoms. The molecule has 0 spiro atoms. The minimum absolute atomic E-state index is 0.121. The smallest absolute Gasteiger partial charge is 0.266 e. The van der Waals surface area contributed by atoms with Gasteiger partial charge in [-0.05, 0) is 25.5 Å². The van der Waals surface area contributed by atoms with E-state index >= 15 is 0 Å². The van der Waals surface area contributed by atoms with Gasteiger partial charge in [0, 0.05) is 36.1 Å². The van der Waals surface area contributed by atoms with Gasteiger partial charge >= 0.3 is 0 Å². The highest BCUT2D eigenvalue weighted by molar-refractivity contribution is 5.40. The van der Waals surface area contributed by atoms with Gasteiger partial charge in [0.15, 0.2) is 0 Å². The molecule has 0 unspecified atom stereocenters. The number of nitrogens with zero attached hydrogens (tertiary/aromatic N) is 4. The summed E-state index contributed by atoms with van der Waals surface area (Å²) in [4.78, 5) is 28.8. The van der Waals surface area contributed by atoms with Crippen LogP contribution in [0.1, 0.15) is 11.3 Å². The third-order valence-corrected chi connectivity index (χ3v) is 3.66. The summed E-state index contributed by atoms with van der Waals surface area (Å²) in [5.41, 5.74) is 1.49. The van der Waals surface area contributed by atoms with Crippen LogP contribution in [-0.4, -0.2) is 26.3 Å². The number of aromatic nitrogens is 4. The number of fused-ring (bicyclic) bond motifs is 1. The van der Waals surface area contributed by atoms with Gasteiger partial charge in [-0.25, -0.2) is 9.67 Å². The van der Waals surface area contributed by atoms with Crippen LogP contribution < -0.4 is 15.9 Å². The summed E-state index contributed by atoms with van der Waals surface area (Å²) in [6.07, 6.45) is 2.05. The van der Waals surface area contributed by atoms with Crippen LogP contribution >= 0.6 is 0 Å². The van der Waals surface area contributed by atoms with Crippen LogP contribution in [0.3, 0.4) is 0 Å². The topological polar surface area (TPSA) is 78.5 Å². The number of hydrogen-bond acceptors (Lipinski definition) is 5. The van der Waals surface area contributed by atoms with E-state index < -0.39 is 0 Å². The van der Waals surface area contributed by atoms with Crippen LogP contribution in [0.5, 0.6) is 5.88 Å². The lowest BCUT2D eigenvalue weighted by Crippen LogP contribution is -2.27. The van der Waals surface area contributed by atoms with Gasteiger partial charge in [0.25, 0.3) is 11.1 Å². The van der Waals surface area contributed by atoms with Gasteiger partial charge in [0.05, 0.1) is 7.11 Å². The predicted molar refractivity (Wildman–Crippen MR) is 85.0 cm³/mol. The molecule has 0 aliphatic heterocycles. The average Bonchev–Trinajstić information content (AvgIpc) is 2.56. The fraction of sp³-hybridized carbons (Fsp3) is 0.250. The van der Waals surface area contributed by atoms with E-state index in [9.17, 15) is 9.59 Å². The lowest BCUT2D eigenvalue weighted by molar-refractivity contribution is 0.375. The molecule has 0 amide bonds. The Hall–Kier alpha value is -2.96. The largest absolute Gasteiger partial charge is 0.480 e. The molecule has 0 aliphatic carbocycles. The molecule has 3 aromatic rings. The van der Waals surface area contributed by atoms with Crippen LogP contribution in [0, 0.1) is 6.92 Å². The Kier molecular flexibility index (Phi) is 3.92. The van der Waals surface area contributed by atoms with Gasteiger partial charge in [0.2, 0.25) is 5.88 Å². The Labute approximate surface area is 131 Å². The number of ether oxygens (including phenoxy) is 1. The van der Waals surface area contributed by atoms with Crippen LogP contribution in [0.25, 0.3) is 5.65 Å². The molecule has 0 aliphatic rings. The highest BCUT2D eigenvalue weighted by Gasteiger charge is 2.10. The van der Waals surface area contributed by atoms with Crippen molar-refractivity contribution in [1.82, 2.24) is 19.2 Å². The lowest BCUT2D eigenvalue weighted by atomic mass is 10.1. The fourth-order valence-electron chi connectivity index (χ4n) is 2.44. The van der Waals surface area contributed by atoms with Crippen LogP contribution in [0.15, 0.2) is 46.1 Å². The Bertz CT molecular complexity index is 975. The van der Waals surface area contributed by atoms with Crippen molar-refractivity contribution in [2.45, 2.75) is 19.9 Å². The summed E-state index contributed by atoms with van der Waals surface area (Å²) in [5.74, 6) is 0.356. The molecular weight excluding hydrogens is 296 g/mol. The van der Waals surface area contributed by atoms with Crippen molar-refractivity contribution >= 4 is 5.65 Å². The molecule has 7 heteroatoms.